The van der Waals surface area contributed by atoms with Crippen molar-refractivity contribution in [2.24, 2.45) is 5.73 Å². The van der Waals surface area contributed by atoms with Crippen LogP contribution >= 0.6 is 11.6 Å². The van der Waals surface area contributed by atoms with Gasteiger partial charge in [0.1, 0.15) is 11.5 Å². The summed E-state index contributed by atoms with van der Waals surface area (Å²) >= 11 is 6.05. The molecule has 0 aliphatic heterocycles. The first-order valence-electron chi connectivity index (χ1n) is 6.75. The van der Waals surface area contributed by atoms with Gasteiger partial charge in [-0.1, -0.05) is 23.7 Å². The lowest BCUT2D eigenvalue weighted by Crippen LogP contribution is -2.22. The van der Waals surface area contributed by atoms with E-state index in [-0.39, 0.29) is 6.04 Å². The highest BCUT2D eigenvalue weighted by Gasteiger charge is 2.15. The number of benzene rings is 1. The molecule has 0 fully saturated rings. The summed E-state index contributed by atoms with van der Waals surface area (Å²) in [6.45, 7) is 5.41. The molecule has 3 nitrogen and oxygen atoms in total. The molecule has 20 heavy (non-hydrogen) atoms. The smallest absolute Gasteiger partial charge is 0.118 e. The van der Waals surface area contributed by atoms with E-state index in [9.17, 15) is 0 Å². The van der Waals surface area contributed by atoms with Gasteiger partial charge < -0.3 is 10.2 Å². The Balaban J connectivity index is 2.10. The topological polar surface area (TPSA) is 42.4 Å². The molecule has 0 bridgehead atoms. The van der Waals surface area contributed by atoms with Crippen LogP contribution in [0, 0.1) is 6.92 Å². The fourth-order valence-electron chi connectivity index (χ4n) is 2.27. The van der Waals surface area contributed by atoms with Gasteiger partial charge in [0.25, 0.3) is 0 Å². The molecule has 1 heterocycles. The Bertz CT molecular complexity index is 580. The highest BCUT2D eigenvalue weighted by atomic mass is 35.5. The lowest BCUT2D eigenvalue weighted by atomic mass is 10.1. The van der Waals surface area contributed by atoms with Crippen molar-refractivity contribution < 1.29 is 4.42 Å². The van der Waals surface area contributed by atoms with Gasteiger partial charge in [-0.3, -0.25) is 4.90 Å². The zero-order valence-electron chi connectivity index (χ0n) is 12.2. The molecule has 0 saturated carbocycles. The molecule has 108 valence electrons. The van der Waals surface area contributed by atoms with E-state index in [0.29, 0.717) is 6.54 Å². The first-order valence-corrected chi connectivity index (χ1v) is 7.13. The Morgan fingerprint density at radius 3 is 2.70 bits per heavy atom. The van der Waals surface area contributed by atoms with Crippen LogP contribution in [0.3, 0.4) is 0 Å². The second-order valence-corrected chi connectivity index (χ2v) is 5.58. The van der Waals surface area contributed by atoms with E-state index >= 15 is 0 Å². The highest BCUT2D eigenvalue weighted by Crippen LogP contribution is 2.25. The average Bonchev–Trinajstić information content (AvgIpc) is 2.78. The number of nitrogens with two attached hydrogens (primary N) is 1. The van der Waals surface area contributed by atoms with Crippen LogP contribution in [0.2, 0.25) is 5.02 Å². The molecule has 0 radical (unpaired) electrons. The monoisotopic (exact) mass is 292 g/mol. The van der Waals surface area contributed by atoms with Gasteiger partial charge in [-0.25, -0.2) is 0 Å². The van der Waals surface area contributed by atoms with Gasteiger partial charge in [-0.2, -0.15) is 0 Å². The zero-order chi connectivity index (χ0) is 14.7. The van der Waals surface area contributed by atoms with Crippen LogP contribution in [-0.4, -0.2) is 11.9 Å². The van der Waals surface area contributed by atoms with Crippen LogP contribution in [0.25, 0.3) is 0 Å². The number of halogens is 1. The van der Waals surface area contributed by atoms with Gasteiger partial charge in [-0.05, 0) is 44.7 Å². The van der Waals surface area contributed by atoms with Crippen LogP contribution in [-0.2, 0) is 13.1 Å². The summed E-state index contributed by atoms with van der Waals surface area (Å²) in [4.78, 5) is 2.27. The van der Waals surface area contributed by atoms with E-state index in [4.69, 9.17) is 21.8 Å². The van der Waals surface area contributed by atoms with Crippen molar-refractivity contribution in [2.45, 2.75) is 33.0 Å². The summed E-state index contributed by atoms with van der Waals surface area (Å²) in [5.41, 5.74) is 8.00. The second-order valence-electron chi connectivity index (χ2n) is 5.14. The number of furan rings is 1. The molecule has 2 aromatic rings. The predicted octanol–water partition coefficient (Wildman–Crippen LogP) is 3.89. The van der Waals surface area contributed by atoms with Crippen molar-refractivity contribution in [3.8, 4) is 0 Å². The number of rotatable bonds is 5. The van der Waals surface area contributed by atoms with E-state index in [1.165, 1.54) is 11.1 Å². The molecule has 0 saturated heterocycles. The SMILES string of the molecule is Cc1oc(CN)cc1CN(C)C(C)c1cccc(Cl)c1. The van der Waals surface area contributed by atoms with Crippen LogP contribution in [0.4, 0.5) is 0 Å². The van der Waals surface area contributed by atoms with E-state index in [1.807, 2.05) is 31.2 Å². The fourth-order valence-corrected chi connectivity index (χ4v) is 2.47. The molecule has 1 atom stereocenters. The Hall–Kier alpha value is -1.29. The molecule has 0 aliphatic carbocycles. The van der Waals surface area contributed by atoms with Gasteiger partial charge in [0.15, 0.2) is 0 Å². The second kappa shape index (κ2) is 6.44. The number of aryl methyl sites for hydroxylation is 1. The van der Waals surface area contributed by atoms with Gasteiger partial charge in [-0.15, -0.1) is 0 Å². The van der Waals surface area contributed by atoms with Crippen molar-refractivity contribution in [3.63, 3.8) is 0 Å². The van der Waals surface area contributed by atoms with Crippen LogP contribution in [0.1, 0.15) is 35.6 Å². The summed E-state index contributed by atoms with van der Waals surface area (Å²) in [6.07, 6.45) is 0. The minimum absolute atomic E-state index is 0.282. The summed E-state index contributed by atoms with van der Waals surface area (Å²) in [5, 5.41) is 0.771. The van der Waals surface area contributed by atoms with E-state index < -0.39 is 0 Å². The Morgan fingerprint density at radius 1 is 1.35 bits per heavy atom. The minimum Gasteiger partial charge on any atom is -0.465 e. The van der Waals surface area contributed by atoms with E-state index in [0.717, 1.165) is 23.1 Å². The maximum atomic E-state index is 6.05. The minimum atomic E-state index is 0.282. The molecule has 0 spiro atoms. The third-order valence-corrected chi connectivity index (χ3v) is 3.92. The molecule has 4 heteroatoms. The Kier molecular flexibility index (Phi) is 4.86. The molecule has 0 amide bonds. The standard InChI is InChI=1S/C16H21ClN2O/c1-11(13-5-4-6-15(17)7-13)19(3)10-14-8-16(9-18)20-12(14)2/h4-8,11H,9-10,18H2,1-3H3. The lowest BCUT2D eigenvalue weighted by molar-refractivity contribution is 0.251. The summed E-state index contributed by atoms with van der Waals surface area (Å²) < 4.78 is 5.60. The maximum Gasteiger partial charge on any atom is 0.118 e. The number of hydrogen-bond acceptors (Lipinski definition) is 3. The van der Waals surface area contributed by atoms with Crippen molar-refractivity contribution in [2.75, 3.05) is 7.05 Å². The third kappa shape index (κ3) is 3.42. The van der Waals surface area contributed by atoms with Crippen LogP contribution in [0.15, 0.2) is 34.7 Å². The van der Waals surface area contributed by atoms with E-state index in [1.54, 1.807) is 0 Å². The lowest BCUT2D eigenvalue weighted by Gasteiger charge is -2.25. The molecular formula is C16H21ClN2O. The van der Waals surface area contributed by atoms with Gasteiger partial charge >= 0.3 is 0 Å². The molecular weight excluding hydrogens is 272 g/mol. The molecule has 1 aromatic heterocycles. The van der Waals surface area contributed by atoms with Crippen molar-refractivity contribution in [3.05, 3.63) is 58.0 Å². The molecule has 2 N–H and O–H groups in total. The average molecular weight is 293 g/mol. The third-order valence-electron chi connectivity index (χ3n) is 3.68. The maximum absolute atomic E-state index is 6.05. The zero-order valence-corrected chi connectivity index (χ0v) is 12.9. The molecule has 1 aromatic carbocycles. The van der Waals surface area contributed by atoms with Crippen molar-refractivity contribution in [1.29, 1.82) is 0 Å². The van der Waals surface area contributed by atoms with Gasteiger partial charge in [0.2, 0.25) is 0 Å². The first-order chi connectivity index (χ1) is 9.51. The fraction of sp³-hybridized carbons (Fsp3) is 0.375. The Labute approximate surface area is 125 Å². The first kappa shape index (κ1) is 15.1. The van der Waals surface area contributed by atoms with Gasteiger partial charge in [0, 0.05) is 23.2 Å². The molecule has 2 rings (SSSR count). The summed E-state index contributed by atoms with van der Waals surface area (Å²) in [6, 6.07) is 10.3. The summed E-state index contributed by atoms with van der Waals surface area (Å²) in [5.74, 6) is 1.77. The normalized spacial score (nSPS) is 12.9. The molecule has 0 aliphatic rings. The van der Waals surface area contributed by atoms with Gasteiger partial charge in [0.05, 0.1) is 6.54 Å². The van der Waals surface area contributed by atoms with Crippen LogP contribution in [0.5, 0.6) is 0 Å². The Morgan fingerprint density at radius 2 is 2.10 bits per heavy atom. The van der Waals surface area contributed by atoms with Crippen molar-refractivity contribution >= 4 is 11.6 Å². The van der Waals surface area contributed by atoms with Crippen molar-refractivity contribution in [1.82, 2.24) is 4.90 Å². The highest BCUT2D eigenvalue weighted by molar-refractivity contribution is 6.30. The predicted molar refractivity (Wildman–Crippen MR) is 82.7 cm³/mol. The number of hydrogen-bond donors (Lipinski definition) is 1. The number of nitrogens with zero attached hydrogens (tertiary/aromatic N) is 1. The molecule has 1 unspecified atom stereocenters. The largest absolute Gasteiger partial charge is 0.465 e. The summed E-state index contributed by atoms with van der Waals surface area (Å²) in [7, 11) is 2.10. The van der Waals surface area contributed by atoms with E-state index in [2.05, 4.69) is 24.9 Å². The quantitative estimate of drug-likeness (QED) is 0.909. The van der Waals surface area contributed by atoms with Crippen LogP contribution < -0.4 is 5.73 Å².